The predicted molar refractivity (Wildman–Crippen MR) is 43.1 cm³/mol. The van der Waals surface area contributed by atoms with Crippen LogP contribution in [0, 0.1) is 0 Å². The molecule has 0 heterocycles. The Kier molecular flexibility index (Phi) is 5.78. The van der Waals surface area contributed by atoms with Crippen LogP contribution in [-0.2, 0) is 4.79 Å². The van der Waals surface area contributed by atoms with E-state index in [1.165, 1.54) is 0 Å². The predicted octanol–water partition coefficient (Wildman–Crippen LogP) is -0.0826. The number of nitrogens with two attached hydrogens (primary N) is 2. The van der Waals surface area contributed by atoms with Crippen LogP contribution >= 0.6 is 0 Å². The highest BCUT2D eigenvalue weighted by Crippen LogP contribution is 2.01. The molecule has 0 unspecified atom stereocenters. The van der Waals surface area contributed by atoms with Gasteiger partial charge in [-0.05, 0) is 12.8 Å². The van der Waals surface area contributed by atoms with E-state index in [0.717, 1.165) is 12.8 Å². The number of carboxylic acid groups (broad SMARTS) is 1. The largest absolute Gasteiger partial charge is 0.481 e. The van der Waals surface area contributed by atoms with E-state index < -0.39 is 5.97 Å². The van der Waals surface area contributed by atoms with Crippen molar-refractivity contribution in [1.29, 1.82) is 0 Å². The Morgan fingerprint density at radius 1 is 1.45 bits per heavy atom. The van der Waals surface area contributed by atoms with Crippen molar-refractivity contribution >= 4 is 5.97 Å². The van der Waals surface area contributed by atoms with Crippen LogP contribution in [0.5, 0.6) is 0 Å². The topological polar surface area (TPSA) is 89.3 Å². The van der Waals surface area contributed by atoms with E-state index in [-0.39, 0.29) is 12.5 Å². The summed E-state index contributed by atoms with van der Waals surface area (Å²) in [7, 11) is 0. The van der Waals surface area contributed by atoms with Gasteiger partial charge in [-0.2, -0.15) is 0 Å². The fourth-order valence-corrected chi connectivity index (χ4v) is 0.801. The minimum absolute atomic E-state index is 0.0313. The first-order valence-corrected chi connectivity index (χ1v) is 3.84. The maximum absolute atomic E-state index is 10.1. The van der Waals surface area contributed by atoms with Gasteiger partial charge in [-0.15, -0.1) is 0 Å². The van der Waals surface area contributed by atoms with Gasteiger partial charge < -0.3 is 16.6 Å². The van der Waals surface area contributed by atoms with Gasteiger partial charge in [0.05, 0.1) is 0 Å². The summed E-state index contributed by atoms with van der Waals surface area (Å²) in [6.45, 7) is 0.479. The third-order valence-corrected chi connectivity index (χ3v) is 1.52. The molecule has 0 saturated heterocycles. The number of hydrogen-bond acceptors (Lipinski definition) is 3. The maximum atomic E-state index is 10.1. The Hall–Kier alpha value is -0.610. The lowest BCUT2D eigenvalue weighted by Crippen LogP contribution is -2.29. The van der Waals surface area contributed by atoms with E-state index in [1.807, 2.05) is 0 Å². The van der Waals surface area contributed by atoms with Crippen LogP contribution in [-0.4, -0.2) is 23.7 Å². The first-order chi connectivity index (χ1) is 5.16. The van der Waals surface area contributed by atoms with Crippen LogP contribution in [0.2, 0.25) is 0 Å². The second-order valence-electron chi connectivity index (χ2n) is 2.64. The summed E-state index contributed by atoms with van der Waals surface area (Å²) in [5.74, 6) is -0.744. The lowest BCUT2D eigenvalue weighted by molar-refractivity contribution is -0.137. The van der Waals surface area contributed by atoms with Crippen molar-refractivity contribution in [3.63, 3.8) is 0 Å². The molecular weight excluding hydrogens is 144 g/mol. The number of carboxylic acids is 1. The van der Waals surface area contributed by atoms with E-state index in [2.05, 4.69) is 0 Å². The van der Waals surface area contributed by atoms with Gasteiger partial charge >= 0.3 is 5.97 Å². The standard InChI is InChI=1S/C7H16N2O2/c8-5-6(9)3-1-2-4-7(10)11/h6H,1-5,8-9H2,(H,10,11)/t6-/m1/s1. The zero-order valence-corrected chi connectivity index (χ0v) is 6.62. The average Bonchev–Trinajstić information content (AvgIpc) is 1.97. The Balaban J connectivity index is 3.08. The van der Waals surface area contributed by atoms with Gasteiger partial charge in [0, 0.05) is 19.0 Å². The zero-order valence-electron chi connectivity index (χ0n) is 6.62. The molecule has 66 valence electrons. The first-order valence-electron chi connectivity index (χ1n) is 3.84. The molecule has 11 heavy (non-hydrogen) atoms. The Morgan fingerprint density at radius 2 is 2.09 bits per heavy atom. The lowest BCUT2D eigenvalue weighted by atomic mass is 10.1. The van der Waals surface area contributed by atoms with Gasteiger partial charge in [-0.25, -0.2) is 0 Å². The average molecular weight is 160 g/mol. The fraction of sp³-hybridized carbons (Fsp3) is 0.857. The van der Waals surface area contributed by atoms with Gasteiger partial charge in [0.1, 0.15) is 0 Å². The minimum atomic E-state index is -0.744. The first kappa shape index (κ1) is 10.4. The van der Waals surface area contributed by atoms with E-state index in [9.17, 15) is 4.79 Å². The summed E-state index contributed by atoms with van der Waals surface area (Å²) in [6, 6.07) is 0.0313. The number of aliphatic carboxylic acids is 1. The van der Waals surface area contributed by atoms with Gasteiger partial charge in [-0.3, -0.25) is 4.79 Å². The molecule has 0 aliphatic rings. The third-order valence-electron chi connectivity index (χ3n) is 1.52. The molecule has 0 fully saturated rings. The van der Waals surface area contributed by atoms with E-state index in [1.54, 1.807) is 0 Å². The molecule has 0 aliphatic heterocycles. The quantitative estimate of drug-likeness (QED) is 0.474. The molecule has 4 heteroatoms. The molecule has 0 aliphatic carbocycles. The Morgan fingerprint density at radius 3 is 2.55 bits per heavy atom. The highest BCUT2D eigenvalue weighted by Gasteiger charge is 2.00. The van der Waals surface area contributed by atoms with Crippen LogP contribution in [0.15, 0.2) is 0 Å². The second-order valence-corrected chi connectivity index (χ2v) is 2.64. The van der Waals surface area contributed by atoms with Crippen molar-refractivity contribution in [2.45, 2.75) is 31.7 Å². The van der Waals surface area contributed by atoms with Crippen molar-refractivity contribution in [2.24, 2.45) is 11.5 Å². The van der Waals surface area contributed by atoms with E-state index in [4.69, 9.17) is 16.6 Å². The van der Waals surface area contributed by atoms with Gasteiger partial charge in [0.15, 0.2) is 0 Å². The van der Waals surface area contributed by atoms with Gasteiger partial charge in [0.25, 0.3) is 0 Å². The molecule has 0 amide bonds. The van der Waals surface area contributed by atoms with E-state index >= 15 is 0 Å². The van der Waals surface area contributed by atoms with Crippen LogP contribution < -0.4 is 11.5 Å². The normalized spacial score (nSPS) is 12.9. The van der Waals surface area contributed by atoms with Crippen LogP contribution in [0.25, 0.3) is 0 Å². The highest BCUT2D eigenvalue weighted by molar-refractivity contribution is 5.66. The van der Waals surface area contributed by atoms with Crippen molar-refractivity contribution in [1.82, 2.24) is 0 Å². The zero-order chi connectivity index (χ0) is 8.69. The summed E-state index contributed by atoms with van der Waals surface area (Å²) in [5.41, 5.74) is 10.8. The van der Waals surface area contributed by atoms with Crippen molar-refractivity contribution in [3.8, 4) is 0 Å². The van der Waals surface area contributed by atoms with Crippen LogP contribution in [0.1, 0.15) is 25.7 Å². The molecule has 0 bridgehead atoms. The van der Waals surface area contributed by atoms with Crippen molar-refractivity contribution < 1.29 is 9.90 Å². The van der Waals surface area contributed by atoms with Gasteiger partial charge in [-0.1, -0.05) is 6.42 Å². The Bertz CT molecular complexity index is 117. The molecule has 5 N–H and O–H groups in total. The molecule has 0 aromatic carbocycles. The molecule has 0 aromatic heterocycles. The molecular formula is C7H16N2O2. The summed E-state index contributed by atoms with van der Waals surface area (Å²) < 4.78 is 0. The molecule has 0 saturated carbocycles. The number of carbonyl (C=O) groups is 1. The third kappa shape index (κ3) is 7.29. The molecule has 1 atom stereocenters. The minimum Gasteiger partial charge on any atom is -0.481 e. The number of hydrogen-bond donors (Lipinski definition) is 3. The summed E-state index contributed by atoms with van der Waals surface area (Å²) in [6.07, 6.45) is 2.61. The monoisotopic (exact) mass is 160 g/mol. The SMILES string of the molecule is NC[C@H](N)CCCCC(=O)O. The molecule has 0 rings (SSSR count). The summed E-state index contributed by atoms with van der Waals surface area (Å²) in [4.78, 5) is 10.1. The fourth-order valence-electron chi connectivity index (χ4n) is 0.801. The highest BCUT2D eigenvalue weighted by atomic mass is 16.4. The van der Waals surface area contributed by atoms with Gasteiger partial charge in [0.2, 0.25) is 0 Å². The van der Waals surface area contributed by atoms with Crippen molar-refractivity contribution in [2.75, 3.05) is 6.54 Å². The summed E-state index contributed by atoms with van der Waals surface area (Å²) >= 11 is 0. The van der Waals surface area contributed by atoms with Crippen molar-refractivity contribution in [3.05, 3.63) is 0 Å². The number of unbranched alkanes of at least 4 members (excludes halogenated alkanes) is 1. The molecule has 0 spiro atoms. The number of rotatable bonds is 6. The maximum Gasteiger partial charge on any atom is 0.303 e. The summed E-state index contributed by atoms with van der Waals surface area (Å²) in [5, 5.41) is 8.28. The Labute approximate surface area is 66.6 Å². The van der Waals surface area contributed by atoms with Crippen LogP contribution in [0.4, 0.5) is 0 Å². The van der Waals surface area contributed by atoms with E-state index in [0.29, 0.717) is 13.0 Å². The molecule has 0 radical (unpaired) electrons. The second kappa shape index (κ2) is 6.12. The molecule has 0 aromatic rings. The molecule has 4 nitrogen and oxygen atoms in total. The lowest BCUT2D eigenvalue weighted by Gasteiger charge is -2.06. The smallest absolute Gasteiger partial charge is 0.303 e. The van der Waals surface area contributed by atoms with Crippen LogP contribution in [0.3, 0.4) is 0 Å².